The van der Waals surface area contributed by atoms with Crippen molar-refractivity contribution < 1.29 is 14.3 Å². The summed E-state index contributed by atoms with van der Waals surface area (Å²) in [7, 11) is 0. The highest BCUT2D eigenvalue weighted by Crippen LogP contribution is 2.27. The van der Waals surface area contributed by atoms with Gasteiger partial charge in [-0.2, -0.15) is 0 Å². The minimum absolute atomic E-state index is 0.0431. The number of hydrogen-bond acceptors (Lipinski definition) is 3. The Labute approximate surface area is 229 Å². The number of ether oxygens (including phenoxy) is 1. The van der Waals surface area contributed by atoms with E-state index in [0.29, 0.717) is 27.8 Å². The van der Waals surface area contributed by atoms with Crippen molar-refractivity contribution in [2.45, 2.75) is 59.2 Å². The third kappa shape index (κ3) is 7.98. The van der Waals surface area contributed by atoms with Gasteiger partial charge in [-0.15, -0.1) is 0 Å². The molecule has 0 saturated heterocycles. The lowest BCUT2D eigenvalue weighted by Crippen LogP contribution is -2.53. The molecule has 0 aromatic heterocycles. The van der Waals surface area contributed by atoms with Crippen LogP contribution in [0.15, 0.2) is 66.7 Å². The molecule has 7 heteroatoms. The van der Waals surface area contributed by atoms with Crippen LogP contribution in [0.5, 0.6) is 5.75 Å². The third-order valence-electron chi connectivity index (χ3n) is 6.50. The molecule has 3 aromatic carbocycles. The molecule has 0 aliphatic carbocycles. The Bertz CT molecular complexity index is 1200. The second-order valence-electron chi connectivity index (χ2n) is 9.28. The van der Waals surface area contributed by atoms with Crippen LogP contribution in [-0.4, -0.2) is 35.4 Å². The molecule has 2 amide bonds. The molecule has 0 fully saturated rings. The molecular formula is C30H34Cl2N2O3. The highest BCUT2D eigenvalue weighted by atomic mass is 35.5. The Morgan fingerprint density at radius 3 is 2.24 bits per heavy atom. The number of benzene rings is 3. The van der Waals surface area contributed by atoms with E-state index in [1.54, 1.807) is 18.2 Å². The first-order chi connectivity index (χ1) is 17.7. The van der Waals surface area contributed by atoms with E-state index in [4.69, 9.17) is 27.9 Å². The molecule has 0 aliphatic heterocycles. The van der Waals surface area contributed by atoms with Crippen molar-refractivity contribution in [2.75, 3.05) is 6.61 Å². The van der Waals surface area contributed by atoms with Gasteiger partial charge in [0.25, 0.3) is 5.91 Å². The van der Waals surface area contributed by atoms with Crippen LogP contribution in [0.2, 0.25) is 10.0 Å². The number of nitrogens with zero attached hydrogens (tertiary/aromatic N) is 1. The molecular weight excluding hydrogens is 507 g/mol. The van der Waals surface area contributed by atoms with Crippen molar-refractivity contribution >= 4 is 35.0 Å². The fourth-order valence-electron chi connectivity index (χ4n) is 3.88. The number of halogens is 2. The summed E-state index contributed by atoms with van der Waals surface area (Å²) in [6, 6.07) is 19.7. The zero-order chi connectivity index (χ0) is 26.9. The molecule has 0 radical (unpaired) electrons. The van der Waals surface area contributed by atoms with Crippen LogP contribution in [0.4, 0.5) is 0 Å². The van der Waals surface area contributed by atoms with Gasteiger partial charge < -0.3 is 15.0 Å². The Kier molecular flexibility index (Phi) is 10.4. The molecule has 3 rings (SSSR count). The molecule has 0 saturated carbocycles. The van der Waals surface area contributed by atoms with Crippen LogP contribution in [0, 0.1) is 13.8 Å². The standard InChI is InChI=1S/C30H34Cl2N2O3/c1-5-22(4)33-30(36)28(17-23-10-7-6-8-11-23)34(18-25-26(31)12-9-13-27(25)32)29(35)19-37-24-15-14-20(2)21(3)16-24/h6-16,22,28H,5,17-19H2,1-4H3,(H,33,36)/t22-,28-/m0/s1. The van der Waals surface area contributed by atoms with Crippen LogP contribution < -0.4 is 10.1 Å². The van der Waals surface area contributed by atoms with Crippen molar-refractivity contribution in [3.63, 3.8) is 0 Å². The quantitative estimate of drug-likeness (QED) is 0.300. The van der Waals surface area contributed by atoms with Gasteiger partial charge in [0.15, 0.2) is 6.61 Å². The zero-order valence-electron chi connectivity index (χ0n) is 21.8. The Morgan fingerprint density at radius 2 is 1.62 bits per heavy atom. The second-order valence-corrected chi connectivity index (χ2v) is 10.1. The molecule has 0 aliphatic rings. The number of carbonyl (C=O) groups is 2. The minimum Gasteiger partial charge on any atom is -0.484 e. The summed E-state index contributed by atoms with van der Waals surface area (Å²) >= 11 is 13.0. The summed E-state index contributed by atoms with van der Waals surface area (Å²) in [6.07, 6.45) is 1.10. The van der Waals surface area contributed by atoms with Crippen LogP contribution in [0.1, 0.15) is 42.5 Å². The maximum atomic E-state index is 13.7. The van der Waals surface area contributed by atoms with Crippen molar-refractivity contribution in [1.82, 2.24) is 10.2 Å². The second kappa shape index (κ2) is 13.5. The molecule has 0 unspecified atom stereocenters. The summed E-state index contributed by atoms with van der Waals surface area (Å²) < 4.78 is 5.88. The lowest BCUT2D eigenvalue weighted by Gasteiger charge is -2.32. The van der Waals surface area contributed by atoms with E-state index in [0.717, 1.165) is 23.1 Å². The van der Waals surface area contributed by atoms with Crippen LogP contribution in [0.25, 0.3) is 0 Å². The Morgan fingerprint density at radius 1 is 0.946 bits per heavy atom. The molecule has 1 N–H and O–H groups in total. The highest BCUT2D eigenvalue weighted by Gasteiger charge is 2.32. The van der Waals surface area contributed by atoms with Gasteiger partial charge in [-0.3, -0.25) is 9.59 Å². The van der Waals surface area contributed by atoms with Crippen molar-refractivity contribution in [2.24, 2.45) is 0 Å². The Balaban J connectivity index is 1.96. The van der Waals surface area contributed by atoms with E-state index in [9.17, 15) is 9.59 Å². The third-order valence-corrected chi connectivity index (χ3v) is 7.21. The average Bonchev–Trinajstić information content (AvgIpc) is 2.88. The number of nitrogens with one attached hydrogen (secondary N) is 1. The first-order valence-corrected chi connectivity index (χ1v) is 13.2. The van der Waals surface area contributed by atoms with Crippen LogP contribution >= 0.6 is 23.2 Å². The van der Waals surface area contributed by atoms with Crippen molar-refractivity contribution in [3.8, 4) is 5.75 Å². The van der Waals surface area contributed by atoms with Gasteiger partial charge in [-0.25, -0.2) is 0 Å². The van der Waals surface area contributed by atoms with Gasteiger partial charge in [0.1, 0.15) is 11.8 Å². The van der Waals surface area contributed by atoms with E-state index in [-0.39, 0.29) is 31.0 Å². The Hall–Kier alpha value is -3.02. The summed E-state index contributed by atoms with van der Waals surface area (Å²) in [6.45, 7) is 7.79. The largest absolute Gasteiger partial charge is 0.484 e. The predicted octanol–water partition coefficient (Wildman–Crippen LogP) is 6.54. The maximum Gasteiger partial charge on any atom is 0.261 e. The highest BCUT2D eigenvalue weighted by molar-refractivity contribution is 6.36. The lowest BCUT2D eigenvalue weighted by molar-refractivity contribution is -0.143. The maximum absolute atomic E-state index is 13.7. The number of hydrogen-bond donors (Lipinski definition) is 1. The van der Waals surface area contributed by atoms with E-state index in [2.05, 4.69) is 5.32 Å². The molecule has 0 bridgehead atoms. The predicted molar refractivity (Wildman–Crippen MR) is 150 cm³/mol. The number of amides is 2. The van der Waals surface area contributed by atoms with Crippen molar-refractivity contribution in [3.05, 3.63) is 99.0 Å². The topological polar surface area (TPSA) is 58.6 Å². The van der Waals surface area contributed by atoms with E-state index in [1.165, 1.54) is 4.90 Å². The normalized spacial score (nSPS) is 12.5. The lowest BCUT2D eigenvalue weighted by atomic mass is 10.0. The molecule has 196 valence electrons. The SMILES string of the molecule is CC[C@H](C)NC(=O)[C@H](Cc1ccccc1)N(Cc1c(Cl)cccc1Cl)C(=O)COc1ccc(C)c(C)c1. The fraction of sp³-hybridized carbons (Fsp3) is 0.333. The smallest absolute Gasteiger partial charge is 0.261 e. The average molecular weight is 542 g/mol. The van der Waals surface area contributed by atoms with E-state index in [1.807, 2.05) is 76.2 Å². The molecule has 0 heterocycles. The van der Waals surface area contributed by atoms with Gasteiger partial charge >= 0.3 is 0 Å². The van der Waals surface area contributed by atoms with Gasteiger partial charge in [0, 0.05) is 34.6 Å². The fourth-order valence-corrected chi connectivity index (χ4v) is 4.40. The zero-order valence-corrected chi connectivity index (χ0v) is 23.3. The summed E-state index contributed by atoms with van der Waals surface area (Å²) in [4.78, 5) is 28.8. The summed E-state index contributed by atoms with van der Waals surface area (Å²) in [5.41, 5.74) is 3.72. The first kappa shape index (κ1) is 28.5. The van der Waals surface area contributed by atoms with Crippen LogP contribution in [-0.2, 0) is 22.6 Å². The molecule has 37 heavy (non-hydrogen) atoms. The monoisotopic (exact) mass is 540 g/mol. The first-order valence-electron chi connectivity index (χ1n) is 12.5. The minimum atomic E-state index is -0.792. The van der Waals surface area contributed by atoms with Crippen LogP contribution in [0.3, 0.4) is 0 Å². The molecule has 5 nitrogen and oxygen atoms in total. The molecule has 0 spiro atoms. The number of rotatable bonds is 11. The molecule has 2 atom stereocenters. The number of aryl methyl sites for hydroxylation is 2. The van der Waals surface area contributed by atoms with Gasteiger partial charge in [-0.05, 0) is 68.1 Å². The van der Waals surface area contributed by atoms with Crippen molar-refractivity contribution in [1.29, 1.82) is 0 Å². The number of carbonyl (C=O) groups excluding carboxylic acids is 2. The van der Waals surface area contributed by atoms with Gasteiger partial charge in [-0.1, -0.05) is 72.6 Å². The van der Waals surface area contributed by atoms with Gasteiger partial charge in [0.05, 0.1) is 0 Å². The summed E-state index contributed by atoms with van der Waals surface area (Å²) in [5, 5.41) is 3.91. The van der Waals surface area contributed by atoms with Gasteiger partial charge in [0.2, 0.25) is 5.91 Å². The van der Waals surface area contributed by atoms with E-state index >= 15 is 0 Å². The summed E-state index contributed by atoms with van der Waals surface area (Å²) in [5.74, 6) is 0.0196. The van der Waals surface area contributed by atoms with E-state index < -0.39 is 6.04 Å². The molecule has 3 aromatic rings.